The van der Waals surface area contributed by atoms with E-state index in [9.17, 15) is 0 Å². The van der Waals surface area contributed by atoms with Gasteiger partial charge >= 0.3 is 0 Å². The average molecular weight is 302 g/mol. The van der Waals surface area contributed by atoms with Crippen molar-refractivity contribution in [2.24, 2.45) is 0 Å². The molecule has 0 saturated carbocycles. The molecule has 21 heavy (non-hydrogen) atoms. The molecule has 0 amide bonds. The summed E-state index contributed by atoms with van der Waals surface area (Å²) in [4.78, 5) is 8.70. The van der Waals surface area contributed by atoms with E-state index in [-0.39, 0.29) is 0 Å². The fourth-order valence-corrected chi connectivity index (χ4v) is 2.64. The summed E-state index contributed by atoms with van der Waals surface area (Å²) in [5.41, 5.74) is 2.72. The minimum absolute atomic E-state index is 0.697. The van der Waals surface area contributed by atoms with Crippen molar-refractivity contribution in [3.05, 3.63) is 41.2 Å². The molecule has 5 heteroatoms. The number of nitrogens with zero attached hydrogens (tertiary/aromatic N) is 2. The van der Waals surface area contributed by atoms with Crippen molar-refractivity contribution >= 4 is 28.4 Å². The monoisotopic (exact) mass is 301 g/mol. The van der Waals surface area contributed by atoms with E-state index in [0.29, 0.717) is 5.02 Å². The molecule has 1 N–H and O–H groups in total. The first kappa shape index (κ1) is 13.9. The highest BCUT2D eigenvalue weighted by molar-refractivity contribution is 6.31. The van der Waals surface area contributed by atoms with Gasteiger partial charge in [0.2, 0.25) is 0 Å². The van der Waals surface area contributed by atoms with E-state index in [2.05, 4.69) is 22.2 Å². The molecule has 0 bridgehead atoms. The van der Waals surface area contributed by atoms with Crippen LogP contribution in [0, 0.1) is 0 Å². The van der Waals surface area contributed by atoms with Gasteiger partial charge in [-0.2, -0.15) is 0 Å². The van der Waals surface area contributed by atoms with Crippen LogP contribution in [-0.4, -0.2) is 17.0 Å². The number of nitrogens with one attached hydrogen (secondary N) is 1. The zero-order chi connectivity index (χ0) is 14.8. The van der Waals surface area contributed by atoms with Crippen LogP contribution in [0.3, 0.4) is 0 Å². The van der Waals surface area contributed by atoms with Crippen LogP contribution < -0.4 is 5.32 Å². The Hall–Kier alpha value is -2.07. The summed E-state index contributed by atoms with van der Waals surface area (Å²) in [5, 5.41) is 4.79. The summed E-state index contributed by atoms with van der Waals surface area (Å²) >= 11 is 6.03. The first-order chi connectivity index (χ1) is 10.2. The smallest absolute Gasteiger partial charge is 0.154 e. The molecular formula is C16H16ClN3O. The van der Waals surface area contributed by atoms with Crippen LogP contribution in [0.2, 0.25) is 5.02 Å². The van der Waals surface area contributed by atoms with E-state index in [1.165, 1.54) is 0 Å². The Kier molecular flexibility index (Phi) is 3.80. The van der Waals surface area contributed by atoms with Crippen LogP contribution in [0.25, 0.3) is 22.4 Å². The summed E-state index contributed by atoms with van der Waals surface area (Å²) < 4.78 is 5.92. The quantitative estimate of drug-likeness (QED) is 0.769. The van der Waals surface area contributed by atoms with Gasteiger partial charge in [-0.3, -0.25) is 0 Å². The lowest BCUT2D eigenvalue weighted by atomic mass is 10.1. The lowest BCUT2D eigenvalue weighted by Crippen LogP contribution is -2.02. The molecule has 0 fully saturated rings. The molecule has 0 aliphatic rings. The van der Waals surface area contributed by atoms with Crippen molar-refractivity contribution in [1.29, 1.82) is 0 Å². The lowest BCUT2D eigenvalue weighted by molar-refractivity contribution is 0.626. The summed E-state index contributed by atoms with van der Waals surface area (Å²) in [6.45, 7) is 2.13. The van der Waals surface area contributed by atoms with Gasteiger partial charge in [-0.15, -0.1) is 0 Å². The lowest BCUT2D eigenvalue weighted by Gasteiger charge is -2.10. The van der Waals surface area contributed by atoms with Crippen LogP contribution in [-0.2, 0) is 6.42 Å². The number of hydrogen-bond acceptors (Lipinski definition) is 4. The predicted octanol–water partition coefficient (Wildman–Crippen LogP) is 4.54. The van der Waals surface area contributed by atoms with Crippen molar-refractivity contribution in [3.8, 4) is 11.5 Å². The zero-order valence-electron chi connectivity index (χ0n) is 12.0. The fourth-order valence-electron chi connectivity index (χ4n) is 2.46. The van der Waals surface area contributed by atoms with Gasteiger partial charge in [-0.05, 0) is 30.7 Å². The van der Waals surface area contributed by atoms with Crippen LogP contribution in [0.1, 0.15) is 18.9 Å². The molecule has 0 spiro atoms. The number of hydrogen-bond donors (Lipinski definition) is 1. The van der Waals surface area contributed by atoms with Crippen molar-refractivity contribution in [1.82, 2.24) is 9.97 Å². The van der Waals surface area contributed by atoms with Gasteiger partial charge in [-0.25, -0.2) is 9.97 Å². The number of rotatable bonds is 4. The van der Waals surface area contributed by atoms with Crippen LogP contribution >= 0.6 is 11.6 Å². The van der Waals surface area contributed by atoms with Gasteiger partial charge in [-0.1, -0.05) is 24.9 Å². The van der Waals surface area contributed by atoms with E-state index in [1.54, 1.807) is 6.33 Å². The molecule has 0 aliphatic heterocycles. The zero-order valence-corrected chi connectivity index (χ0v) is 12.7. The molecule has 108 valence electrons. The standard InChI is InChI=1S/C16H16ClN3O/c1-3-4-12-15(19-9-20-16(12)18-2)14-8-10-7-11(17)5-6-13(10)21-14/h5-9H,3-4H2,1-2H3,(H,18,19,20). The van der Waals surface area contributed by atoms with Crippen LogP contribution in [0.15, 0.2) is 35.0 Å². The number of fused-ring (bicyclic) bond motifs is 1. The molecule has 2 heterocycles. The number of halogens is 1. The number of anilines is 1. The van der Waals surface area contributed by atoms with Gasteiger partial charge in [0.1, 0.15) is 23.4 Å². The van der Waals surface area contributed by atoms with Gasteiger partial charge in [0.05, 0.1) is 0 Å². The largest absolute Gasteiger partial charge is 0.454 e. The van der Waals surface area contributed by atoms with Gasteiger partial charge < -0.3 is 9.73 Å². The van der Waals surface area contributed by atoms with Crippen molar-refractivity contribution in [2.45, 2.75) is 19.8 Å². The first-order valence-electron chi connectivity index (χ1n) is 6.94. The summed E-state index contributed by atoms with van der Waals surface area (Å²) in [6, 6.07) is 7.57. The minimum atomic E-state index is 0.697. The molecular weight excluding hydrogens is 286 g/mol. The number of benzene rings is 1. The molecule has 3 aromatic rings. The molecule has 0 unspecified atom stereocenters. The normalized spacial score (nSPS) is 11.0. The molecule has 1 aromatic carbocycles. The first-order valence-corrected chi connectivity index (χ1v) is 7.31. The summed E-state index contributed by atoms with van der Waals surface area (Å²) in [6.07, 6.45) is 3.46. The Bertz CT molecular complexity index is 782. The summed E-state index contributed by atoms with van der Waals surface area (Å²) in [5.74, 6) is 1.59. The Morgan fingerprint density at radius 2 is 2.10 bits per heavy atom. The average Bonchev–Trinajstić information content (AvgIpc) is 2.90. The Morgan fingerprint density at radius 1 is 1.24 bits per heavy atom. The van der Waals surface area contributed by atoms with E-state index in [4.69, 9.17) is 16.0 Å². The molecule has 3 rings (SSSR count). The topological polar surface area (TPSA) is 51.0 Å². The third-order valence-electron chi connectivity index (χ3n) is 3.39. The highest BCUT2D eigenvalue weighted by atomic mass is 35.5. The van der Waals surface area contributed by atoms with Gasteiger partial charge in [0.25, 0.3) is 0 Å². The minimum Gasteiger partial charge on any atom is -0.454 e. The molecule has 0 aliphatic carbocycles. The maximum Gasteiger partial charge on any atom is 0.154 e. The molecule has 0 saturated heterocycles. The Labute approximate surface area is 128 Å². The Morgan fingerprint density at radius 3 is 2.86 bits per heavy atom. The SMILES string of the molecule is CCCc1c(NC)ncnc1-c1cc2cc(Cl)ccc2o1. The number of aromatic nitrogens is 2. The van der Waals surface area contributed by atoms with Gasteiger partial charge in [0.15, 0.2) is 5.76 Å². The number of furan rings is 1. The third-order valence-corrected chi connectivity index (χ3v) is 3.63. The fraction of sp³-hybridized carbons (Fsp3) is 0.250. The van der Waals surface area contributed by atoms with Crippen LogP contribution in [0.4, 0.5) is 5.82 Å². The Balaban J connectivity index is 2.17. The molecule has 2 aromatic heterocycles. The van der Waals surface area contributed by atoms with E-state index in [0.717, 1.165) is 46.6 Å². The van der Waals surface area contributed by atoms with Crippen molar-refractivity contribution < 1.29 is 4.42 Å². The second-order valence-corrected chi connectivity index (χ2v) is 5.28. The molecule has 0 atom stereocenters. The van der Waals surface area contributed by atoms with E-state index >= 15 is 0 Å². The summed E-state index contributed by atoms with van der Waals surface area (Å²) in [7, 11) is 1.86. The second-order valence-electron chi connectivity index (χ2n) is 4.84. The maximum atomic E-state index is 6.03. The van der Waals surface area contributed by atoms with Crippen LogP contribution in [0.5, 0.6) is 0 Å². The predicted molar refractivity (Wildman–Crippen MR) is 85.8 cm³/mol. The maximum absolute atomic E-state index is 6.03. The third kappa shape index (κ3) is 2.59. The van der Waals surface area contributed by atoms with Gasteiger partial charge in [0, 0.05) is 23.0 Å². The van der Waals surface area contributed by atoms with Crippen molar-refractivity contribution in [2.75, 3.05) is 12.4 Å². The molecule has 0 radical (unpaired) electrons. The highest BCUT2D eigenvalue weighted by Gasteiger charge is 2.15. The van der Waals surface area contributed by atoms with Crippen molar-refractivity contribution in [3.63, 3.8) is 0 Å². The molecule has 4 nitrogen and oxygen atoms in total. The second kappa shape index (κ2) is 5.74. The van der Waals surface area contributed by atoms with E-state index < -0.39 is 0 Å². The van der Waals surface area contributed by atoms with E-state index in [1.807, 2.05) is 31.3 Å². The highest BCUT2D eigenvalue weighted by Crippen LogP contribution is 2.32.